The maximum absolute atomic E-state index is 13.2. The summed E-state index contributed by atoms with van der Waals surface area (Å²) in [4.78, 5) is 17.9. The van der Waals surface area contributed by atoms with Crippen LogP contribution in [0.3, 0.4) is 0 Å². The van der Waals surface area contributed by atoms with E-state index in [4.69, 9.17) is 9.72 Å². The minimum absolute atomic E-state index is 0.156. The molecular weight excluding hydrogens is 501 g/mol. The van der Waals surface area contributed by atoms with Gasteiger partial charge in [-0.25, -0.2) is 4.98 Å². The molecule has 0 aliphatic rings. The molecule has 1 atom stereocenters. The first-order valence-electron chi connectivity index (χ1n) is 10.1. The zero-order chi connectivity index (χ0) is 21.8. The molecule has 0 saturated heterocycles. The van der Waals surface area contributed by atoms with Gasteiger partial charge >= 0.3 is 0 Å². The Bertz CT molecular complexity index is 1300. The standard InChI is InChI=1S/C25H22IN3O2/c1-3-17(2)31-23-14-13-18(15-21(23)26)16-27-29-24(19-9-5-4-6-10-19)28-22-12-8-7-11-20(22)25(29)30/h4-17H,3H2,1-2H3/t17-/m0/s1. The predicted molar refractivity (Wildman–Crippen MR) is 134 cm³/mol. The van der Waals surface area contributed by atoms with Crippen LogP contribution in [-0.2, 0) is 0 Å². The SMILES string of the molecule is CC[C@H](C)Oc1ccc(C=Nn2c(-c3ccccc3)nc3ccccc3c2=O)cc1I. The van der Waals surface area contributed by atoms with E-state index in [2.05, 4.69) is 41.5 Å². The summed E-state index contributed by atoms with van der Waals surface area (Å²) >= 11 is 2.26. The third-order valence-electron chi connectivity index (χ3n) is 4.97. The van der Waals surface area contributed by atoms with Gasteiger partial charge in [-0.15, -0.1) is 0 Å². The van der Waals surface area contributed by atoms with Gasteiger partial charge in [-0.1, -0.05) is 49.4 Å². The number of halogens is 1. The lowest BCUT2D eigenvalue weighted by Gasteiger charge is -2.14. The summed E-state index contributed by atoms with van der Waals surface area (Å²) in [6.07, 6.45) is 2.78. The van der Waals surface area contributed by atoms with E-state index in [0.717, 1.165) is 26.9 Å². The fraction of sp³-hybridized carbons (Fsp3) is 0.160. The lowest BCUT2D eigenvalue weighted by Crippen LogP contribution is -2.20. The van der Waals surface area contributed by atoms with Crippen LogP contribution in [-0.4, -0.2) is 22.0 Å². The fourth-order valence-corrected chi connectivity index (χ4v) is 3.79. The first-order chi connectivity index (χ1) is 15.1. The Morgan fingerprint density at radius 1 is 1.10 bits per heavy atom. The lowest BCUT2D eigenvalue weighted by atomic mass is 10.2. The quantitative estimate of drug-likeness (QED) is 0.240. The van der Waals surface area contributed by atoms with Gasteiger partial charge in [0.15, 0.2) is 5.82 Å². The minimum atomic E-state index is -0.202. The third kappa shape index (κ3) is 4.69. The Labute approximate surface area is 194 Å². The fourth-order valence-electron chi connectivity index (χ4n) is 3.12. The first-order valence-corrected chi connectivity index (χ1v) is 11.2. The number of fused-ring (bicyclic) bond motifs is 1. The number of rotatable bonds is 6. The van der Waals surface area contributed by atoms with Crippen LogP contribution in [0.25, 0.3) is 22.3 Å². The highest BCUT2D eigenvalue weighted by atomic mass is 127. The van der Waals surface area contributed by atoms with Crippen LogP contribution in [0.2, 0.25) is 0 Å². The molecule has 31 heavy (non-hydrogen) atoms. The molecule has 0 aliphatic carbocycles. The van der Waals surface area contributed by atoms with Crippen molar-refractivity contribution in [3.63, 3.8) is 0 Å². The monoisotopic (exact) mass is 523 g/mol. The molecule has 1 aromatic heterocycles. The molecule has 0 saturated carbocycles. The second-order valence-corrected chi connectivity index (χ2v) is 8.37. The number of benzene rings is 3. The van der Waals surface area contributed by atoms with Crippen LogP contribution in [0.5, 0.6) is 5.75 Å². The van der Waals surface area contributed by atoms with E-state index in [1.165, 1.54) is 4.68 Å². The number of aromatic nitrogens is 2. The van der Waals surface area contributed by atoms with E-state index >= 15 is 0 Å². The summed E-state index contributed by atoms with van der Waals surface area (Å²) in [7, 11) is 0. The molecule has 0 bridgehead atoms. The minimum Gasteiger partial charge on any atom is -0.490 e. The largest absolute Gasteiger partial charge is 0.490 e. The van der Waals surface area contributed by atoms with E-state index in [1.807, 2.05) is 66.7 Å². The van der Waals surface area contributed by atoms with Gasteiger partial charge in [0.25, 0.3) is 5.56 Å². The van der Waals surface area contributed by atoms with Crippen molar-refractivity contribution in [2.75, 3.05) is 0 Å². The number of hydrogen-bond acceptors (Lipinski definition) is 4. The number of para-hydroxylation sites is 1. The van der Waals surface area contributed by atoms with Crippen LogP contribution in [0.4, 0.5) is 0 Å². The first kappa shape index (κ1) is 21.2. The van der Waals surface area contributed by atoms with Crippen molar-refractivity contribution < 1.29 is 4.74 Å². The Morgan fingerprint density at radius 3 is 2.58 bits per heavy atom. The zero-order valence-corrected chi connectivity index (χ0v) is 19.5. The van der Waals surface area contributed by atoms with Crippen molar-refractivity contribution in [1.29, 1.82) is 0 Å². The second kappa shape index (κ2) is 9.43. The maximum Gasteiger partial charge on any atom is 0.282 e. The van der Waals surface area contributed by atoms with Crippen molar-refractivity contribution >= 4 is 39.7 Å². The molecule has 0 fully saturated rings. The van der Waals surface area contributed by atoms with E-state index in [9.17, 15) is 4.79 Å². The summed E-state index contributed by atoms with van der Waals surface area (Å²) in [5, 5.41) is 5.06. The summed E-state index contributed by atoms with van der Waals surface area (Å²) in [6.45, 7) is 4.15. The average molecular weight is 523 g/mol. The molecule has 0 spiro atoms. The number of nitrogens with zero attached hydrogens (tertiary/aromatic N) is 3. The van der Waals surface area contributed by atoms with Crippen molar-refractivity contribution in [2.24, 2.45) is 5.10 Å². The Morgan fingerprint density at radius 2 is 1.84 bits per heavy atom. The second-order valence-electron chi connectivity index (χ2n) is 7.21. The molecule has 0 N–H and O–H groups in total. The van der Waals surface area contributed by atoms with Gasteiger partial charge in [0.2, 0.25) is 0 Å². The molecule has 1 heterocycles. The number of ether oxygens (including phenoxy) is 1. The summed E-state index contributed by atoms with van der Waals surface area (Å²) in [5.74, 6) is 1.36. The predicted octanol–water partition coefficient (Wildman–Crippen LogP) is 5.73. The molecular formula is C25H22IN3O2. The highest BCUT2D eigenvalue weighted by Gasteiger charge is 2.12. The molecule has 156 valence electrons. The summed E-state index contributed by atoms with van der Waals surface area (Å²) in [6, 6.07) is 22.8. The molecule has 0 aliphatic heterocycles. The van der Waals surface area contributed by atoms with Crippen LogP contribution in [0.15, 0.2) is 82.7 Å². The van der Waals surface area contributed by atoms with Crippen LogP contribution < -0.4 is 10.3 Å². The van der Waals surface area contributed by atoms with Crippen molar-refractivity contribution in [1.82, 2.24) is 9.66 Å². The van der Waals surface area contributed by atoms with E-state index in [-0.39, 0.29) is 11.7 Å². The Balaban J connectivity index is 1.77. The lowest BCUT2D eigenvalue weighted by molar-refractivity contribution is 0.216. The van der Waals surface area contributed by atoms with E-state index < -0.39 is 0 Å². The van der Waals surface area contributed by atoms with Gasteiger partial charge in [-0.3, -0.25) is 4.79 Å². The molecule has 4 rings (SSSR count). The van der Waals surface area contributed by atoms with Gasteiger partial charge < -0.3 is 4.74 Å². The van der Waals surface area contributed by atoms with Crippen molar-refractivity contribution in [2.45, 2.75) is 26.4 Å². The van der Waals surface area contributed by atoms with Gasteiger partial charge in [-0.2, -0.15) is 9.78 Å². The highest BCUT2D eigenvalue weighted by Crippen LogP contribution is 2.23. The van der Waals surface area contributed by atoms with Gasteiger partial charge in [0.05, 0.1) is 26.8 Å². The maximum atomic E-state index is 13.2. The normalized spacial score (nSPS) is 12.4. The molecule has 5 nitrogen and oxygen atoms in total. The van der Waals surface area contributed by atoms with Crippen LogP contribution in [0.1, 0.15) is 25.8 Å². The highest BCUT2D eigenvalue weighted by molar-refractivity contribution is 14.1. The Hall–Kier alpha value is -3.00. The molecule has 4 aromatic rings. The van der Waals surface area contributed by atoms with Crippen LogP contribution in [0, 0.1) is 3.57 Å². The molecule has 0 amide bonds. The third-order valence-corrected chi connectivity index (χ3v) is 5.81. The molecule has 0 unspecified atom stereocenters. The van der Waals surface area contributed by atoms with E-state index in [0.29, 0.717) is 16.7 Å². The molecule has 0 radical (unpaired) electrons. The molecule has 6 heteroatoms. The smallest absolute Gasteiger partial charge is 0.282 e. The average Bonchev–Trinajstić information content (AvgIpc) is 2.80. The van der Waals surface area contributed by atoms with Crippen LogP contribution >= 0.6 is 22.6 Å². The Kier molecular flexibility index (Phi) is 6.46. The van der Waals surface area contributed by atoms with Gasteiger partial charge in [-0.05, 0) is 71.8 Å². The topological polar surface area (TPSA) is 56.5 Å². The van der Waals surface area contributed by atoms with Gasteiger partial charge in [0, 0.05) is 5.56 Å². The van der Waals surface area contributed by atoms with Crippen molar-refractivity contribution in [3.05, 3.63) is 92.3 Å². The number of hydrogen-bond donors (Lipinski definition) is 0. The summed E-state index contributed by atoms with van der Waals surface area (Å²) < 4.78 is 8.30. The zero-order valence-electron chi connectivity index (χ0n) is 17.3. The van der Waals surface area contributed by atoms with E-state index in [1.54, 1.807) is 12.3 Å². The van der Waals surface area contributed by atoms with Gasteiger partial charge in [0.1, 0.15) is 5.75 Å². The van der Waals surface area contributed by atoms with Crippen molar-refractivity contribution in [3.8, 4) is 17.1 Å². The molecule has 3 aromatic carbocycles. The summed E-state index contributed by atoms with van der Waals surface area (Å²) in [5.41, 5.74) is 2.15.